The number of benzene rings is 2. The minimum absolute atomic E-state index is 0.00299. The summed E-state index contributed by atoms with van der Waals surface area (Å²) in [5.41, 5.74) is 2.76. The zero-order chi connectivity index (χ0) is 16.7. The molecule has 122 valence electrons. The van der Waals surface area contributed by atoms with E-state index in [1.165, 1.54) is 12.1 Å². The number of nitro benzene ring substituents is 1. The maximum atomic E-state index is 10.9. The predicted octanol–water partition coefficient (Wildman–Crippen LogP) is 4.47. The van der Waals surface area contributed by atoms with Gasteiger partial charge < -0.3 is 9.88 Å². The zero-order valence-corrected chi connectivity index (χ0v) is 13.5. The molecule has 4 rings (SSSR count). The Labute approximate surface area is 143 Å². The van der Waals surface area contributed by atoms with Gasteiger partial charge >= 0.3 is 0 Å². The molecule has 1 saturated heterocycles. The topological polar surface area (TPSA) is 75.1 Å². The van der Waals surface area contributed by atoms with Gasteiger partial charge in [-0.15, -0.1) is 0 Å². The number of nitro groups is 1. The van der Waals surface area contributed by atoms with E-state index in [0.717, 1.165) is 41.9 Å². The number of hydrogen-bond donors (Lipinski definition) is 1. The number of aromatic amines is 1. The number of nitrogens with zero attached hydrogens (tertiary/aromatic N) is 3. The summed E-state index contributed by atoms with van der Waals surface area (Å²) in [7, 11) is 0. The van der Waals surface area contributed by atoms with Crippen molar-refractivity contribution >= 4 is 34.0 Å². The summed E-state index contributed by atoms with van der Waals surface area (Å²) < 4.78 is 0. The van der Waals surface area contributed by atoms with Crippen LogP contribution in [0.3, 0.4) is 0 Å². The first kappa shape index (κ1) is 15.0. The minimum atomic E-state index is -0.434. The van der Waals surface area contributed by atoms with E-state index in [-0.39, 0.29) is 11.7 Å². The van der Waals surface area contributed by atoms with Gasteiger partial charge in [0.25, 0.3) is 5.69 Å². The Balaban J connectivity index is 1.71. The van der Waals surface area contributed by atoms with Crippen LogP contribution in [0.5, 0.6) is 0 Å². The fourth-order valence-corrected chi connectivity index (χ4v) is 3.60. The number of aromatic nitrogens is 2. The van der Waals surface area contributed by atoms with Gasteiger partial charge in [0.2, 0.25) is 0 Å². The number of nitrogens with one attached hydrogen (secondary N) is 1. The summed E-state index contributed by atoms with van der Waals surface area (Å²) in [4.78, 5) is 20.7. The third kappa shape index (κ3) is 2.49. The Kier molecular flexibility index (Phi) is 3.61. The van der Waals surface area contributed by atoms with Crippen LogP contribution < -0.4 is 4.90 Å². The van der Waals surface area contributed by atoms with Gasteiger partial charge in [0.15, 0.2) is 0 Å². The molecular weight excluding hydrogens is 328 g/mol. The molecule has 2 aromatic carbocycles. The van der Waals surface area contributed by atoms with Crippen LogP contribution in [0, 0.1) is 10.1 Å². The average molecular weight is 343 g/mol. The quantitative estimate of drug-likeness (QED) is 0.563. The van der Waals surface area contributed by atoms with Crippen molar-refractivity contribution < 1.29 is 4.92 Å². The number of H-pyrrole nitrogens is 1. The standard InChI is InChI=1S/C17H15ClN4O2/c18-12-10-11(22(23)24)7-8-15(12)21-9-3-6-16(21)17-19-13-4-1-2-5-14(13)20-17/h1-2,4-5,7-8,10,16H,3,6,9H2,(H,19,20)/t16-/m1/s1. The normalized spacial score (nSPS) is 17.5. The van der Waals surface area contributed by atoms with E-state index in [0.29, 0.717) is 5.02 Å². The second-order valence-corrected chi connectivity index (χ2v) is 6.29. The summed E-state index contributed by atoms with van der Waals surface area (Å²) in [5.74, 6) is 0.906. The van der Waals surface area contributed by atoms with E-state index in [2.05, 4.69) is 9.88 Å². The van der Waals surface area contributed by atoms with Gasteiger partial charge in [-0.25, -0.2) is 4.98 Å². The molecule has 2 heterocycles. The van der Waals surface area contributed by atoms with Crippen LogP contribution in [0.15, 0.2) is 42.5 Å². The molecule has 6 nitrogen and oxygen atoms in total. The third-order valence-corrected chi connectivity index (χ3v) is 4.73. The van der Waals surface area contributed by atoms with E-state index in [4.69, 9.17) is 16.6 Å². The van der Waals surface area contributed by atoms with Crippen molar-refractivity contribution in [3.05, 3.63) is 63.4 Å². The summed E-state index contributed by atoms with van der Waals surface area (Å²) in [5, 5.41) is 11.3. The Morgan fingerprint density at radius 2 is 2.12 bits per heavy atom. The molecule has 0 aliphatic carbocycles. The molecule has 1 aliphatic heterocycles. The van der Waals surface area contributed by atoms with E-state index >= 15 is 0 Å². The maximum Gasteiger partial charge on any atom is 0.271 e. The van der Waals surface area contributed by atoms with Crippen LogP contribution in [0.2, 0.25) is 5.02 Å². The summed E-state index contributed by atoms with van der Waals surface area (Å²) in [6.45, 7) is 0.846. The van der Waals surface area contributed by atoms with Crippen molar-refractivity contribution in [1.29, 1.82) is 0 Å². The lowest BCUT2D eigenvalue weighted by Crippen LogP contribution is -2.23. The molecule has 0 unspecified atom stereocenters. The monoisotopic (exact) mass is 342 g/mol. The molecule has 1 atom stereocenters. The molecule has 0 bridgehead atoms. The number of anilines is 1. The smallest absolute Gasteiger partial charge is 0.271 e. The summed E-state index contributed by atoms with van der Waals surface area (Å²) in [6, 6.07) is 12.6. The highest BCUT2D eigenvalue weighted by Crippen LogP contribution is 2.40. The van der Waals surface area contributed by atoms with Gasteiger partial charge in [-0.2, -0.15) is 0 Å². The fraction of sp³-hybridized carbons (Fsp3) is 0.235. The molecular formula is C17H15ClN4O2. The Hall–Kier alpha value is -2.60. The predicted molar refractivity (Wildman–Crippen MR) is 93.5 cm³/mol. The number of hydrogen-bond acceptors (Lipinski definition) is 4. The number of fused-ring (bicyclic) bond motifs is 1. The lowest BCUT2D eigenvalue weighted by atomic mass is 10.2. The van der Waals surface area contributed by atoms with E-state index in [1.54, 1.807) is 6.07 Å². The molecule has 24 heavy (non-hydrogen) atoms. The minimum Gasteiger partial charge on any atom is -0.360 e. The number of non-ortho nitro benzene ring substituents is 1. The van der Waals surface area contributed by atoms with Crippen LogP contribution >= 0.6 is 11.6 Å². The highest BCUT2D eigenvalue weighted by Gasteiger charge is 2.30. The molecule has 1 fully saturated rings. The number of imidazole rings is 1. The first-order valence-electron chi connectivity index (χ1n) is 7.79. The van der Waals surface area contributed by atoms with Crippen molar-refractivity contribution in [3.63, 3.8) is 0 Å². The third-order valence-electron chi connectivity index (χ3n) is 4.43. The summed E-state index contributed by atoms with van der Waals surface area (Å²) in [6.07, 6.45) is 1.99. The number of para-hydroxylation sites is 2. The van der Waals surface area contributed by atoms with Crippen LogP contribution in [0.1, 0.15) is 24.7 Å². The molecule has 1 N–H and O–H groups in total. The van der Waals surface area contributed by atoms with E-state index in [9.17, 15) is 10.1 Å². The molecule has 7 heteroatoms. The van der Waals surface area contributed by atoms with Gasteiger partial charge in [0, 0.05) is 18.7 Å². The second-order valence-electron chi connectivity index (χ2n) is 5.88. The van der Waals surface area contributed by atoms with Crippen LogP contribution in [0.25, 0.3) is 11.0 Å². The van der Waals surface area contributed by atoms with Gasteiger partial charge in [-0.3, -0.25) is 10.1 Å². The van der Waals surface area contributed by atoms with E-state index < -0.39 is 4.92 Å². The van der Waals surface area contributed by atoms with Crippen LogP contribution in [-0.4, -0.2) is 21.4 Å². The summed E-state index contributed by atoms with van der Waals surface area (Å²) >= 11 is 6.31. The maximum absolute atomic E-state index is 10.9. The first-order valence-corrected chi connectivity index (χ1v) is 8.16. The molecule has 0 amide bonds. The largest absolute Gasteiger partial charge is 0.360 e. The van der Waals surface area contributed by atoms with E-state index in [1.807, 2.05) is 24.3 Å². The van der Waals surface area contributed by atoms with Gasteiger partial charge in [-0.05, 0) is 31.0 Å². The first-order chi connectivity index (χ1) is 11.6. The molecule has 1 aromatic heterocycles. The van der Waals surface area contributed by atoms with Crippen LogP contribution in [0.4, 0.5) is 11.4 Å². The lowest BCUT2D eigenvalue weighted by molar-refractivity contribution is -0.384. The molecule has 0 saturated carbocycles. The van der Waals surface area contributed by atoms with Gasteiger partial charge in [0.05, 0.1) is 32.7 Å². The van der Waals surface area contributed by atoms with Crippen LogP contribution in [-0.2, 0) is 0 Å². The Morgan fingerprint density at radius 3 is 2.88 bits per heavy atom. The zero-order valence-electron chi connectivity index (χ0n) is 12.8. The highest BCUT2D eigenvalue weighted by atomic mass is 35.5. The highest BCUT2D eigenvalue weighted by molar-refractivity contribution is 6.33. The molecule has 1 aliphatic rings. The molecule has 3 aromatic rings. The second kappa shape index (κ2) is 5.79. The number of rotatable bonds is 3. The van der Waals surface area contributed by atoms with Crippen molar-refractivity contribution in [3.8, 4) is 0 Å². The van der Waals surface area contributed by atoms with Crippen molar-refractivity contribution in [1.82, 2.24) is 9.97 Å². The van der Waals surface area contributed by atoms with Crippen molar-refractivity contribution in [2.45, 2.75) is 18.9 Å². The lowest BCUT2D eigenvalue weighted by Gasteiger charge is -2.26. The molecule has 0 spiro atoms. The van der Waals surface area contributed by atoms with Crippen molar-refractivity contribution in [2.24, 2.45) is 0 Å². The Bertz CT molecular complexity index is 891. The fourth-order valence-electron chi connectivity index (χ4n) is 3.31. The van der Waals surface area contributed by atoms with Gasteiger partial charge in [0.1, 0.15) is 5.82 Å². The average Bonchev–Trinajstić information content (AvgIpc) is 3.20. The SMILES string of the molecule is O=[N+]([O-])c1ccc(N2CCC[C@@H]2c2nc3ccccc3[nH]2)c(Cl)c1. The Morgan fingerprint density at radius 1 is 1.29 bits per heavy atom. The van der Waals surface area contributed by atoms with Crippen molar-refractivity contribution in [2.75, 3.05) is 11.4 Å². The van der Waals surface area contributed by atoms with Gasteiger partial charge in [-0.1, -0.05) is 23.7 Å². The molecule has 0 radical (unpaired) electrons. The number of halogens is 1.